The molecule has 56 valence electrons. The topological polar surface area (TPSA) is 20.2 Å². The van der Waals surface area contributed by atoms with Gasteiger partial charge in [-0.3, -0.25) is 0 Å². The van der Waals surface area contributed by atoms with E-state index in [4.69, 9.17) is 0 Å². The lowest BCUT2D eigenvalue weighted by Gasteiger charge is -2.17. The van der Waals surface area contributed by atoms with Crippen LogP contribution in [0.25, 0.3) is 0 Å². The zero-order chi connectivity index (χ0) is 7.33. The fourth-order valence-electron chi connectivity index (χ4n) is 1.20. The van der Waals surface area contributed by atoms with Crippen molar-refractivity contribution in [3.05, 3.63) is 0 Å². The molecule has 0 unspecified atom stereocenters. The van der Waals surface area contributed by atoms with E-state index < -0.39 is 8.32 Å². The Morgan fingerprint density at radius 3 is 1.67 bits per heavy atom. The molecule has 0 bridgehead atoms. The van der Waals surface area contributed by atoms with E-state index in [1.807, 2.05) is 0 Å². The van der Waals surface area contributed by atoms with Gasteiger partial charge in [0.25, 0.3) is 0 Å². The smallest absolute Gasteiger partial charge is 0.185 e. The molecule has 0 atom stereocenters. The molecule has 1 nitrogen and oxygen atoms in total. The molecule has 0 spiro atoms. The number of hydrogen-bond acceptors (Lipinski definition) is 1. The second-order valence-corrected chi connectivity index (χ2v) is 6.99. The second-order valence-electron chi connectivity index (χ2n) is 3.00. The van der Waals surface area contributed by atoms with Crippen LogP contribution in [0.2, 0.25) is 18.6 Å². The summed E-state index contributed by atoms with van der Waals surface area (Å²) in [5.74, 6) is 0. The highest BCUT2D eigenvalue weighted by molar-refractivity contribution is 6.71. The molecule has 0 saturated carbocycles. The molecular formula is C7H18OSi. The van der Waals surface area contributed by atoms with Gasteiger partial charge in [0.05, 0.1) is 0 Å². The summed E-state index contributed by atoms with van der Waals surface area (Å²) in [5.41, 5.74) is 0. The molecule has 0 aromatic heterocycles. The van der Waals surface area contributed by atoms with E-state index in [-0.39, 0.29) is 0 Å². The molecule has 0 fully saturated rings. The van der Waals surface area contributed by atoms with Crippen LogP contribution < -0.4 is 0 Å². The van der Waals surface area contributed by atoms with Crippen LogP contribution in [-0.2, 0) is 0 Å². The largest absolute Gasteiger partial charge is 0.432 e. The fourth-order valence-corrected chi connectivity index (χ4v) is 3.61. The van der Waals surface area contributed by atoms with E-state index in [9.17, 15) is 4.80 Å². The van der Waals surface area contributed by atoms with Crippen molar-refractivity contribution in [3.8, 4) is 0 Å². The summed E-state index contributed by atoms with van der Waals surface area (Å²) < 4.78 is 0. The highest BCUT2D eigenvalue weighted by atomic mass is 28.4. The predicted octanol–water partition coefficient (Wildman–Crippen LogP) is 2.37. The summed E-state index contributed by atoms with van der Waals surface area (Å²) >= 11 is 0. The van der Waals surface area contributed by atoms with Crippen molar-refractivity contribution in [3.63, 3.8) is 0 Å². The average molecular weight is 146 g/mol. The minimum absolute atomic E-state index is 1.07. The zero-order valence-electron chi connectivity index (χ0n) is 6.78. The molecule has 0 radical (unpaired) electrons. The van der Waals surface area contributed by atoms with Crippen molar-refractivity contribution in [2.24, 2.45) is 0 Å². The molecule has 1 N–H and O–H groups in total. The van der Waals surface area contributed by atoms with Gasteiger partial charge in [0.15, 0.2) is 8.32 Å². The summed E-state index contributed by atoms with van der Waals surface area (Å²) in [4.78, 5) is 9.65. The Morgan fingerprint density at radius 2 is 1.44 bits per heavy atom. The van der Waals surface area contributed by atoms with Crippen LogP contribution in [0.4, 0.5) is 0 Å². The molecule has 0 aromatic carbocycles. The average Bonchev–Trinajstić information content (AvgIpc) is 1.64. The van der Waals surface area contributed by atoms with Gasteiger partial charge in [-0.2, -0.15) is 0 Å². The second kappa shape index (κ2) is 4.07. The van der Waals surface area contributed by atoms with Gasteiger partial charge >= 0.3 is 0 Å². The quantitative estimate of drug-likeness (QED) is 0.604. The highest BCUT2D eigenvalue weighted by Crippen LogP contribution is 2.15. The summed E-state index contributed by atoms with van der Waals surface area (Å²) in [7, 11) is -1.70. The van der Waals surface area contributed by atoms with Crippen LogP contribution in [0, 0.1) is 0 Å². The van der Waals surface area contributed by atoms with Crippen LogP contribution in [0.15, 0.2) is 0 Å². The minimum Gasteiger partial charge on any atom is -0.432 e. The van der Waals surface area contributed by atoms with Gasteiger partial charge in [-0.15, -0.1) is 0 Å². The van der Waals surface area contributed by atoms with Crippen LogP contribution in [0.3, 0.4) is 0 Å². The third kappa shape index (κ3) is 4.67. The van der Waals surface area contributed by atoms with Gasteiger partial charge in [0.1, 0.15) is 0 Å². The summed E-state index contributed by atoms with van der Waals surface area (Å²) in [6.07, 6.45) is 2.28. The van der Waals surface area contributed by atoms with Crippen molar-refractivity contribution in [2.45, 2.75) is 45.3 Å². The molecule has 0 heterocycles. The van der Waals surface area contributed by atoms with E-state index in [0.717, 1.165) is 24.9 Å². The van der Waals surface area contributed by atoms with E-state index in [1.165, 1.54) is 0 Å². The van der Waals surface area contributed by atoms with Crippen molar-refractivity contribution >= 4 is 8.32 Å². The van der Waals surface area contributed by atoms with Crippen molar-refractivity contribution in [1.29, 1.82) is 0 Å². The van der Waals surface area contributed by atoms with Crippen LogP contribution >= 0.6 is 0 Å². The van der Waals surface area contributed by atoms with Crippen molar-refractivity contribution < 1.29 is 4.80 Å². The van der Waals surface area contributed by atoms with Crippen molar-refractivity contribution in [1.82, 2.24) is 0 Å². The van der Waals surface area contributed by atoms with E-state index in [1.54, 1.807) is 0 Å². The first-order valence-electron chi connectivity index (χ1n) is 3.84. The maximum atomic E-state index is 9.65. The fraction of sp³-hybridized carbons (Fsp3) is 1.00. The zero-order valence-corrected chi connectivity index (χ0v) is 7.78. The third-order valence-corrected chi connectivity index (χ3v) is 4.73. The normalized spacial score (nSPS) is 12.0. The van der Waals surface area contributed by atoms with Crippen molar-refractivity contribution in [2.75, 3.05) is 0 Å². The molecule has 2 heteroatoms. The van der Waals surface area contributed by atoms with E-state index in [2.05, 4.69) is 20.4 Å². The first kappa shape index (κ1) is 9.18. The highest BCUT2D eigenvalue weighted by Gasteiger charge is 2.20. The molecular weight excluding hydrogens is 128 g/mol. The van der Waals surface area contributed by atoms with Gasteiger partial charge in [-0.05, 0) is 18.6 Å². The molecule has 0 rings (SSSR count). The van der Waals surface area contributed by atoms with Gasteiger partial charge < -0.3 is 4.80 Å². The summed E-state index contributed by atoms with van der Waals surface area (Å²) in [6.45, 7) is 6.33. The molecule has 0 aliphatic heterocycles. The van der Waals surface area contributed by atoms with Gasteiger partial charge in [-0.25, -0.2) is 0 Å². The Balaban J connectivity index is 3.43. The number of rotatable bonds is 4. The third-order valence-electron chi connectivity index (χ3n) is 1.58. The lowest BCUT2D eigenvalue weighted by molar-refractivity contribution is 0.531. The Bertz CT molecular complexity index is 63.3. The molecule has 0 amide bonds. The van der Waals surface area contributed by atoms with Gasteiger partial charge in [0.2, 0.25) is 0 Å². The Morgan fingerprint density at radius 1 is 1.11 bits per heavy atom. The summed E-state index contributed by atoms with van der Waals surface area (Å²) in [6, 6.07) is 2.14. The van der Waals surface area contributed by atoms with Crippen LogP contribution in [0.5, 0.6) is 0 Å². The van der Waals surface area contributed by atoms with E-state index in [0.29, 0.717) is 0 Å². The molecule has 0 aliphatic rings. The minimum atomic E-state index is -1.70. The first-order chi connectivity index (χ1) is 4.12. The van der Waals surface area contributed by atoms with Gasteiger partial charge in [-0.1, -0.05) is 26.7 Å². The van der Waals surface area contributed by atoms with Crippen LogP contribution in [-0.4, -0.2) is 13.1 Å². The Hall–Kier alpha value is 0.177. The predicted molar refractivity (Wildman–Crippen MR) is 44.0 cm³/mol. The van der Waals surface area contributed by atoms with Crippen LogP contribution in [0.1, 0.15) is 26.7 Å². The monoisotopic (exact) mass is 146 g/mol. The molecule has 0 aliphatic carbocycles. The SMILES string of the molecule is CCC[Si](C)(O)CCC. The van der Waals surface area contributed by atoms with E-state index >= 15 is 0 Å². The lowest BCUT2D eigenvalue weighted by Crippen LogP contribution is -2.28. The Labute approximate surface area is 59.2 Å². The molecule has 0 aromatic rings. The standard InChI is InChI=1S/C7H18OSi/c1-4-6-9(3,8)7-5-2/h8H,4-7H2,1-3H3. The number of hydrogen-bond donors (Lipinski definition) is 1. The maximum Gasteiger partial charge on any atom is 0.185 e. The van der Waals surface area contributed by atoms with Gasteiger partial charge in [0, 0.05) is 0 Å². The first-order valence-corrected chi connectivity index (χ1v) is 6.71. The lowest BCUT2D eigenvalue weighted by atomic mass is 10.6. The summed E-state index contributed by atoms with van der Waals surface area (Å²) in [5, 5.41) is 0. The maximum absolute atomic E-state index is 9.65. The molecule has 0 saturated heterocycles. The molecule has 9 heavy (non-hydrogen) atoms. The Kier molecular flexibility index (Phi) is 4.15.